The quantitative estimate of drug-likeness (QED) is 0.923. The summed E-state index contributed by atoms with van der Waals surface area (Å²) in [6, 6.07) is 8.23. The summed E-state index contributed by atoms with van der Waals surface area (Å²) in [6.07, 6.45) is 2.42. The molecule has 0 radical (unpaired) electrons. The minimum atomic E-state index is -0.0128. The fraction of sp³-hybridized carbons (Fsp3) is 0.467. The van der Waals surface area contributed by atoms with Gasteiger partial charge in [-0.15, -0.1) is 12.4 Å². The highest BCUT2D eigenvalue weighted by atomic mass is 35.5. The molecule has 112 valence electrons. The molecule has 2 aromatic rings. The lowest BCUT2D eigenvalue weighted by Gasteiger charge is -2.44. The Hall–Kier alpha value is -1.17. The van der Waals surface area contributed by atoms with E-state index in [0.29, 0.717) is 17.7 Å². The monoisotopic (exact) mass is 323 g/mol. The van der Waals surface area contributed by atoms with Gasteiger partial charge >= 0.3 is 0 Å². The summed E-state index contributed by atoms with van der Waals surface area (Å²) in [5, 5.41) is 4.18. The molecule has 4 heterocycles. The van der Waals surface area contributed by atoms with Gasteiger partial charge < -0.3 is 10.2 Å². The van der Waals surface area contributed by atoms with Gasteiger partial charge in [0, 0.05) is 18.0 Å². The van der Waals surface area contributed by atoms with E-state index in [-0.39, 0.29) is 18.3 Å². The molecule has 1 unspecified atom stereocenters. The van der Waals surface area contributed by atoms with Gasteiger partial charge in [0.1, 0.15) is 5.69 Å². The van der Waals surface area contributed by atoms with E-state index in [1.54, 1.807) is 0 Å². The van der Waals surface area contributed by atoms with Crippen molar-refractivity contribution in [2.24, 2.45) is 5.92 Å². The first kappa shape index (κ1) is 14.8. The zero-order valence-corrected chi connectivity index (χ0v) is 13.3. The van der Waals surface area contributed by atoms with Crippen LogP contribution in [0.5, 0.6) is 0 Å². The normalized spacial score (nSPS) is 27.3. The van der Waals surface area contributed by atoms with Crippen molar-refractivity contribution in [2.75, 3.05) is 19.6 Å². The van der Waals surface area contributed by atoms with Gasteiger partial charge in [-0.05, 0) is 49.4 Å². The summed E-state index contributed by atoms with van der Waals surface area (Å²) in [7, 11) is 0. The highest BCUT2D eigenvalue weighted by molar-refractivity contribution is 7.13. The van der Waals surface area contributed by atoms with Crippen molar-refractivity contribution in [1.29, 1.82) is 0 Å². The first-order valence-electron chi connectivity index (χ1n) is 7.19. The second-order valence-electron chi connectivity index (χ2n) is 5.75. The van der Waals surface area contributed by atoms with Crippen LogP contribution in [0, 0.1) is 5.92 Å². The second-order valence-corrected chi connectivity index (χ2v) is 6.55. The van der Waals surface area contributed by atoms with E-state index in [0.717, 1.165) is 16.6 Å². The number of nitrogens with zero attached hydrogens (tertiary/aromatic N) is 2. The van der Waals surface area contributed by atoms with E-state index in [1.165, 1.54) is 37.5 Å². The highest BCUT2D eigenvalue weighted by Gasteiger charge is 2.35. The molecular formula is C15H18ClN3OS. The third kappa shape index (κ3) is 2.65. The summed E-state index contributed by atoms with van der Waals surface area (Å²) in [5.41, 5.74) is 0.585. The molecule has 1 amide bonds. The molecule has 0 spiro atoms. The van der Waals surface area contributed by atoms with Crippen molar-refractivity contribution in [1.82, 2.24) is 14.6 Å². The lowest BCUT2D eigenvalue weighted by atomic mass is 9.84. The van der Waals surface area contributed by atoms with E-state index in [2.05, 4.69) is 14.6 Å². The van der Waals surface area contributed by atoms with Crippen molar-refractivity contribution in [3.05, 3.63) is 30.0 Å². The summed E-state index contributed by atoms with van der Waals surface area (Å²) in [5.74, 6) is 0.634. The van der Waals surface area contributed by atoms with E-state index < -0.39 is 0 Å². The molecule has 3 saturated heterocycles. The van der Waals surface area contributed by atoms with Gasteiger partial charge in [-0.3, -0.25) is 4.79 Å². The zero-order chi connectivity index (χ0) is 13.5. The molecule has 3 aliphatic rings. The zero-order valence-electron chi connectivity index (χ0n) is 11.6. The SMILES string of the molecule is Cl.O=C(NC1CN2CCC1CC2)c1nsc2ccccc12. The van der Waals surface area contributed by atoms with Gasteiger partial charge in [-0.25, -0.2) is 0 Å². The van der Waals surface area contributed by atoms with Crippen LogP contribution in [-0.2, 0) is 0 Å². The number of aromatic nitrogens is 1. The van der Waals surface area contributed by atoms with E-state index in [1.807, 2.05) is 24.3 Å². The van der Waals surface area contributed by atoms with E-state index in [9.17, 15) is 4.79 Å². The number of benzene rings is 1. The molecular weight excluding hydrogens is 306 g/mol. The number of amides is 1. The average Bonchev–Trinajstić information content (AvgIpc) is 2.92. The maximum Gasteiger partial charge on any atom is 0.271 e. The molecule has 6 heteroatoms. The van der Waals surface area contributed by atoms with Gasteiger partial charge in [0.25, 0.3) is 5.91 Å². The van der Waals surface area contributed by atoms with Gasteiger partial charge in [-0.2, -0.15) is 4.37 Å². The molecule has 1 N–H and O–H groups in total. The molecule has 1 aromatic heterocycles. The minimum absolute atomic E-state index is 0. The molecule has 21 heavy (non-hydrogen) atoms. The van der Waals surface area contributed by atoms with Crippen molar-refractivity contribution in [3.63, 3.8) is 0 Å². The van der Waals surface area contributed by atoms with Crippen LogP contribution in [0.1, 0.15) is 23.3 Å². The molecule has 4 nitrogen and oxygen atoms in total. The number of hydrogen-bond acceptors (Lipinski definition) is 4. The Morgan fingerprint density at radius 1 is 1.29 bits per heavy atom. The fourth-order valence-corrected chi connectivity index (χ4v) is 4.19. The second kappa shape index (κ2) is 5.91. The summed E-state index contributed by atoms with van der Waals surface area (Å²) < 4.78 is 5.41. The van der Waals surface area contributed by atoms with Crippen LogP contribution in [-0.4, -0.2) is 40.9 Å². The number of carbonyl (C=O) groups excluding carboxylic acids is 1. The third-order valence-corrected chi connectivity index (χ3v) is 5.39. The Morgan fingerprint density at radius 3 is 2.76 bits per heavy atom. The summed E-state index contributed by atoms with van der Waals surface area (Å²) in [6.45, 7) is 3.38. The number of hydrogen-bond donors (Lipinski definition) is 1. The Morgan fingerprint density at radius 2 is 2.05 bits per heavy atom. The number of halogens is 1. The molecule has 0 aliphatic carbocycles. The fourth-order valence-electron chi connectivity index (χ4n) is 3.41. The predicted octanol–water partition coefficient (Wildman–Crippen LogP) is 2.54. The van der Waals surface area contributed by atoms with Gasteiger partial charge in [0.05, 0.1) is 4.70 Å². The van der Waals surface area contributed by atoms with Crippen molar-refractivity contribution in [2.45, 2.75) is 18.9 Å². The number of rotatable bonds is 2. The van der Waals surface area contributed by atoms with Crippen LogP contribution < -0.4 is 5.32 Å². The molecule has 3 fully saturated rings. The smallest absolute Gasteiger partial charge is 0.271 e. The molecule has 0 saturated carbocycles. The van der Waals surface area contributed by atoms with Crippen LogP contribution in [0.2, 0.25) is 0 Å². The van der Waals surface area contributed by atoms with Crippen LogP contribution in [0.25, 0.3) is 10.1 Å². The largest absolute Gasteiger partial charge is 0.346 e. The summed E-state index contributed by atoms with van der Waals surface area (Å²) >= 11 is 1.40. The maximum absolute atomic E-state index is 12.5. The highest BCUT2D eigenvalue weighted by Crippen LogP contribution is 2.28. The Labute approximate surface area is 134 Å². The third-order valence-electron chi connectivity index (χ3n) is 4.57. The maximum atomic E-state index is 12.5. The van der Waals surface area contributed by atoms with Crippen molar-refractivity contribution >= 4 is 39.9 Å². The summed E-state index contributed by atoms with van der Waals surface area (Å²) in [4.78, 5) is 14.9. The van der Waals surface area contributed by atoms with Gasteiger partial charge in [-0.1, -0.05) is 18.2 Å². The van der Waals surface area contributed by atoms with E-state index in [4.69, 9.17) is 0 Å². The lowest BCUT2D eigenvalue weighted by molar-refractivity contribution is 0.0619. The van der Waals surface area contributed by atoms with Crippen LogP contribution in [0.3, 0.4) is 0 Å². The predicted molar refractivity (Wildman–Crippen MR) is 87.3 cm³/mol. The standard InChI is InChI=1S/C15H17N3OS.ClH/c19-15(14-11-3-1-2-4-13(11)20-17-14)16-12-9-18-7-5-10(12)6-8-18;/h1-4,10,12H,5-9H2,(H,16,19);1H. The van der Waals surface area contributed by atoms with Crippen LogP contribution >= 0.6 is 23.9 Å². The number of piperidine rings is 3. The first-order chi connectivity index (χ1) is 9.81. The van der Waals surface area contributed by atoms with Crippen molar-refractivity contribution in [3.8, 4) is 0 Å². The number of carbonyl (C=O) groups is 1. The molecule has 3 aliphatic heterocycles. The number of fused-ring (bicyclic) bond motifs is 4. The Balaban J connectivity index is 0.00000132. The van der Waals surface area contributed by atoms with Gasteiger partial charge in [0.2, 0.25) is 0 Å². The van der Waals surface area contributed by atoms with Crippen LogP contribution in [0.15, 0.2) is 24.3 Å². The lowest BCUT2D eigenvalue weighted by Crippen LogP contribution is -2.57. The Kier molecular flexibility index (Phi) is 4.15. The average molecular weight is 324 g/mol. The van der Waals surface area contributed by atoms with Crippen LogP contribution in [0.4, 0.5) is 0 Å². The number of nitrogens with one attached hydrogen (secondary N) is 1. The molecule has 5 rings (SSSR count). The molecule has 1 atom stereocenters. The topological polar surface area (TPSA) is 45.2 Å². The first-order valence-corrected chi connectivity index (χ1v) is 7.96. The van der Waals surface area contributed by atoms with E-state index >= 15 is 0 Å². The Bertz CT molecular complexity index is 651. The van der Waals surface area contributed by atoms with Gasteiger partial charge in [0.15, 0.2) is 0 Å². The molecule has 1 aromatic carbocycles. The molecule has 2 bridgehead atoms. The van der Waals surface area contributed by atoms with Crippen molar-refractivity contribution < 1.29 is 4.79 Å². The minimum Gasteiger partial charge on any atom is -0.346 e.